The molecule has 1 rings (SSSR count). The van der Waals surface area contributed by atoms with E-state index in [2.05, 4.69) is 0 Å². The van der Waals surface area contributed by atoms with Gasteiger partial charge >= 0.3 is 130 Å². The molecule has 1 aliphatic rings. The number of rotatable bonds is 7. The molecule has 5 atom stereocenters. The van der Waals surface area contributed by atoms with Gasteiger partial charge in [-0.2, -0.15) is 0 Å². The van der Waals surface area contributed by atoms with Gasteiger partial charge in [-0.3, -0.25) is 0 Å². The fourth-order valence-corrected chi connectivity index (χ4v) is 5.73. The number of aliphatic hydroxyl groups excluding tert-OH is 3. The molecule has 0 radical (unpaired) electrons. The van der Waals surface area contributed by atoms with E-state index in [1.54, 1.807) is 0 Å². The first kappa shape index (κ1) is 19.5. The van der Waals surface area contributed by atoms with Crippen molar-refractivity contribution in [3.63, 3.8) is 0 Å². The fraction of sp³-hybridized carbons (Fsp3) is 1.00. The van der Waals surface area contributed by atoms with Crippen molar-refractivity contribution in [1.29, 1.82) is 0 Å². The van der Waals surface area contributed by atoms with Crippen LogP contribution in [-0.4, -0.2) is 83.2 Å². The van der Waals surface area contributed by atoms with Crippen molar-refractivity contribution in [3.05, 3.63) is 0 Å². The molecule has 1 heterocycles. The van der Waals surface area contributed by atoms with E-state index in [9.17, 15) is 23.7 Å². The van der Waals surface area contributed by atoms with Crippen LogP contribution < -0.4 is 0 Å². The number of hydrogen-bond acceptors (Lipinski definition) is 8. The fourth-order valence-electron chi connectivity index (χ4n) is 1.93. The molecule has 126 valence electrons. The number of ether oxygens (including phenoxy) is 2. The summed E-state index contributed by atoms with van der Waals surface area (Å²) in [5.74, 6) is -0.879. The first-order valence-corrected chi connectivity index (χ1v) is 15.5. The maximum absolute atomic E-state index is 10.6. The van der Waals surface area contributed by atoms with Gasteiger partial charge in [-0.05, 0) is 0 Å². The van der Waals surface area contributed by atoms with E-state index in [-0.39, 0.29) is 0 Å². The molecule has 0 amide bonds. The number of aliphatic hydroxyl groups is 3. The summed E-state index contributed by atoms with van der Waals surface area (Å²) in [6, 6.07) is 0. The molecule has 1 aliphatic heterocycles. The normalized spacial score (nSPS) is 32.3. The Balaban J connectivity index is 2.52. The Morgan fingerprint density at radius 3 is 2.38 bits per heavy atom. The molecule has 8 nitrogen and oxygen atoms in total. The molecular weight excluding hydrogens is 387 g/mol. The molecule has 0 bridgehead atoms. The van der Waals surface area contributed by atoms with E-state index < -0.39 is 65.1 Å². The second-order valence-corrected chi connectivity index (χ2v) is 19.5. The van der Waals surface area contributed by atoms with Gasteiger partial charge in [-0.1, -0.05) is 0 Å². The van der Waals surface area contributed by atoms with Crippen molar-refractivity contribution in [1.82, 2.24) is 0 Å². The average molecular weight is 408 g/mol. The maximum atomic E-state index is 10.6. The van der Waals surface area contributed by atoms with Crippen molar-refractivity contribution in [2.75, 3.05) is 12.4 Å². The first-order valence-electron chi connectivity index (χ1n) is 6.19. The minimum atomic E-state index is -4.32. The van der Waals surface area contributed by atoms with E-state index in [4.69, 9.17) is 24.4 Å². The van der Waals surface area contributed by atoms with Crippen molar-refractivity contribution < 1.29 is 37.8 Å². The number of hydrogen-bond donors (Lipinski definition) is 4. The molecule has 11 heteroatoms. The summed E-state index contributed by atoms with van der Waals surface area (Å²) in [5, 5.41) is 29.5. The molecule has 4 N–H and O–H groups in total. The van der Waals surface area contributed by atoms with Crippen LogP contribution in [0, 0.1) is 0 Å². The summed E-state index contributed by atoms with van der Waals surface area (Å²) in [6.07, 6.45) is -5.71. The van der Waals surface area contributed by atoms with Crippen LogP contribution in [0.5, 0.6) is 0 Å². The second kappa shape index (κ2) is 7.37. The molecule has 0 aromatic heterocycles. The van der Waals surface area contributed by atoms with Crippen molar-refractivity contribution in [2.24, 2.45) is 0 Å². The summed E-state index contributed by atoms with van der Waals surface area (Å²) >= 11 is -2.26. The molecule has 3 unspecified atom stereocenters. The standard InChI is InChI=1S/C10H21AsO8S2/c1-11(2,20)3-7-8(13)9(14)10(19-7)18-4-6(12)5-21(15,16)17/h6-10,12-14H,3-5H2,1-2H3,(H,15,16,17)/t6?,7?,8-,9-,10?/m1/s1. The van der Waals surface area contributed by atoms with Gasteiger partial charge in [0.1, 0.15) is 0 Å². The van der Waals surface area contributed by atoms with Crippen molar-refractivity contribution >= 4 is 32.4 Å². The molecular formula is C10H21AsO8S2. The Hall–Kier alpha value is 0.488. The van der Waals surface area contributed by atoms with Gasteiger partial charge in [-0.15, -0.1) is 0 Å². The van der Waals surface area contributed by atoms with Gasteiger partial charge in [0.15, 0.2) is 0 Å². The average Bonchev–Trinajstić information content (AvgIpc) is 2.50. The van der Waals surface area contributed by atoms with Crippen LogP contribution in [-0.2, 0) is 19.6 Å². The van der Waals surface area contributed by atoms with Crippen molar-refractivity contribution in [3.8, 4) is 0 Å². The summed E-state index contributed by atoms with van der Waals surface area (Å²) in [4.78, 5) is 0. The Bertz CT molecular complexity index is 489. The molecule has 0 saturated carbocycles. The van der Waals surface area contributed by atoms with Crippen LogP contribution in [0.2, 0.25) is 16.6 Å². The van der Waals surface area contributed by atoms with Crippen LogP contribution in [0.15, 0.2) is 0 Å². The van der Waals surface area contributed by atoms with Gasteiger partial charge in [0.25, 0.3) is 0 Å². The molecule has 0 aromatic rings. The zero-order valence-corrected chi connectivity index (χ0v) is 15.2. The second-order valence-electron chi connectivity index (χ2n) is 5.52. The molecule has 0 spiro atoms. The predicted molar refractivity (Wildman–Crippen MR) is 78.9 cm³/mol. The minimum absolute atomic E-state index is 0.460. The van der Waals surface area contributed by atoms with E-state index in [1.165, 1.54) is 0 Å². The SMILES string of the molecule is C[As](C)(=S)CC1OC(OCC(O)CS(=O)(=O)O)[C@H](O)[C@@H]1O. The van der Waals surface area contributed by atoms with E-state index in [0.717, 1.165) is 0 Å². The van der Waals surface area contributed by atoms with E-state index in [0.29, 0.717) is 5.21 Å². The van der Waals surface area contributed by atoms with Crippen LogP contribution in [0.3, 0.4) is 0 Å². The van der Waals surface area contributed by atoms with Gasteiger partial charge in [-0.25, -0.2) is 0 Å². The summed E-state index contributed by atoms with van der Waals surface area (Å²) in [6.45, 7) is -0.460. The van der Waals surface area contributed by atoms with E-state index >= 15 is 0 Å². The van der Waals surface area contributed by atoms with Crippen LogP contribution in [0.1, 0.15) is 0 Å². The van der Waals surface area contributed by atoms with Gasteiger partial charge in [0.05, 0.1) is 0 Å². The van der Waals surface area contributed by atoms with Crippen LogP contribution >= 0.6 is 10.4 Å². The first-order chi connectivity index (χ1) is 9.39. The zero-order chi connectivity index (χ0) is 16.4. The van der Waals surface area contributed by atoms with Crippen LogP contribution in [0.25, 0.3) is 0 Å². The zero-order valence-electron chi connectivity index (χ0n) is 11.7. The molecule has 0 aromatic carbocycles. The third kappa shape index (κ3) is 7.06. The Labute approximate surface area is 130 Å². The van der Waals surface area contributed by atoms with Gasteiger partial charge < -0.3 is 0 Å². The summed E-state index contributed by atoms with van der Waals surface area (Å²) < 4.78 is 40.2. The monoisotopic (exact) mass is 408 g/mol. The Kier molecular flexibility index (Phi) is 6.86. The van der Waals surface area contributed by atoms with Gasteiger partial charge in [0.2, 0.25) is 0 Å². The Morgan fingerprint density at radius 2 is 1.90 bits per heavy atom. The molecule has 1 fully saturated rings. The van der Waals surface area contributed by atoms with Crippen molar-refractivity contribution in [2.45, 2.75) is 47.3 Å². The third-order valence-corrected chi connectivity index (χ3v) is 6.97. The van der Waals surface area contributed by atoms with Crippen LogP contribution in [0.4, 0.5) is 0 Å². The Morgan fingerprint density at radius 1 is 1.33 bits per heavy atom. The molecule has 1 saturated heterocycles. The van der Waals surface area contributed by atoms with Gasteiger partial charge in [0, 0.05) is 0 Å². The topological polar surface area (TPSA) is 134 Å². The third-order valence-electron chi connectivity index (χ3n) is 2.79. The quantitative estimate of drug-likeness (QED) is 0.312. The summed E-state index contributed by atoms with van der Waals surface area (Å²) in [5.41, 5.74) is 3.89. The molecule has 0 aliphatic carbocycles. The predicted octanol–water partition coefficient (Wildman–Crippen LogP) is -0.899. The molecule has 21 heavy (non-hydrogen) atoms. The summed E-state index contributed by atoms with van der Waals surface area (Å²) in [7, 11) is 1.02. The van der Waals surface area contributed by atoms with E-state index in [1.807, 2.05) is 11.4 Å².